The summed E-state index contributed by atoms with van der Waals surface area (Å²) in [6.45, 7) is 8.75. The highest BCUT2D eigenvalue weighted by atomic mass is 32.1. The smallest absolute Gasteiger partial charge is 0.194 e. The average Bonchev–Trinajstić information content (AvgIpc) is 2.33. The molecule has 3 nitrogen and oxygen atoms in total. The van der Waals surface area contributed by atoms with Gasteiger partial charge in [0.05, 0.1) is 0 Å². The van der Waals surface area contributed by atoms with Crippen molar-refractivity contribution in [2.75, 3.05) is 0 Å². The third-order valence-electron chi connectivity index (χ3n) is 2.90. The standard InChI is InChI=1S/C9H17N3S/c1-6(2)9(3,4)7-10-11-8(13)12(7)5/h6H,1-5H3,(H,11,13). The molecule has 1 rings (SSSR count). The third kappa shape index (κ3) is 1.68. The first-order valence-corrected chi connectivity index (χ1v) is 4.90. The summed E-state index contributed by atoms with van der Waals surface area (Å²) in [6, 6.07) is 0. The number of aromatic nitrogens is 3. The van der Waals surface area contributed by atoms with Crippen LogP contribution in [0.25, 0.3) is 0 Å². The molecule has 0 aromatic carbocycles. The second-order valence-corrected chi connectivity index (χ2v) is 4.67. The lowest BCUT2D eigenvalue weighted by molar-refractivity contribution is 0.341. The molecule has 0 bridgehead atoms. The molecule has 0 spiro atoms. The van der Waals surface area contributed by atoms with E-state index in [1.807, 2.05) is 11.6 Å². The molecule has 1 heterocycles. The van der Waals surface area contributed by atoms with Gasteiger partial charge in [0.15, 0.2) is 4.77 Å². The van der Waals surface area contributed by atoms with Crippen molar-refractivity contribution in [2.45, 2.75) is 33.1 Å². The molecule has 0 unspecified atom stereocenters. The molecule has 0 saturated heterocycles. The van der Waals surface area contributed by atoms with Gasteiger partial charge in [0.25, 0.3) is 0 Å². The van der Waals surface area contributed by atoms with Crippen molar-refractivity contribution in [1.29, 1.82) is 0 Å². The summed E-state index contributed by atoms with van der Waals surface area (Å²) in [6.07, 6.45) is 0. The Morgan fingerprint density at radius 3 is 2.31 bits per heavy atom. The maximum atomic E-state index is 5.07. The van der Waals surface area contributed by atoms with E-state index in [1.54, 1.807) is 0 Å². The number of nitrogens with zero attached hydrogens (tertiary/aromatic N) is 2. The molecule has 13 heavy (non-hydrogen) atoms. The Hall–Kier alpha value is -0.640. The minimum atomic E-state index is 0.0578. The fraction of sp³-hybridized carbons (Fsp3) is 0.778. The zero-order valence-corrected chi connectivity index (χ0v) is 9.70. The van der Waals surface area contributed by atoms with E-state index in [1.165, 1.54) is 0 Å². The van der Waals surface area contributed by atoms with Crippen LogP contribution in [0.3, 0.4) is 0 Å². The molecule has 1 aromatic rings. The largest absolute Gasteiger partial charge is 0.307 e. The molecule has 0 atom stereocenters. The summed E-state index contributed by atoms with van der Waals surface area (Å²) in [7, 11) is 1.95. The molecule has 0 aliphatic rings. The molecular formula is C9H17N3S. The molecule has 0 aliphatic heterocycles. The van der Waals surface area contributed by atoms with Crippen molar-refractivity contribution in [1.82, 2.24) is 14.8 Å². The molecule has 0 fully saturated rings. The first-order chi connectivity index (χ1) is 5.87. The number of H-pyrrole nitrogens is 1. The monoisotopic (exact) mass is 199 g/mol. The molecule has 1 N–H and O–H groups in total. The first-order valence-electron chi connectivity index (χ1n) is 4.49. The Bertz CT molecular complexity index is 346. The minimum absolute atomic E-state index is 0.0578. The predicted octanol–water partition coefficient (Wildman–Crippen LogP) is 2.41. The van der Waals surface area contributed by atoms with Crippen molar-refractivity contribution in [3.8, 4) is 0 Å². The molecular weight excluding hydrogens is 182 g/mol. The Morgan fingerprint density at radius 1 is 1.46 bits per heavy atom. The summed E-state index contributed by atoms with van der Waals surface area (Å²) in [5.41, 5.74) is 0.0578. The van der Waals surface area contributed by atoms with Crippen LogP contribution >= 0.6 is 12.2 Å². The number of aromatic amines is 1. The highest BCUT2D eigenvalue weighted by Crippen LogP contribution is 2.29. The maximum absolute atomic E-state index is 5.07. The van der Waals surface area contributed by atoms with Gasteiger partial charge in [-0.05, 0) is 18.1 Å². The van der Waals surface area contributed by atoms with E-state index in [0.717, 1.165) is 5.82 Å². The Morgan fingerprint density at radius 2 is 2.00 bits per heavy atom. The number of hydrogen-bond acceptors (Lipinski definition) is 2. The predicted molar refractivity (Wildman–Crippen MR) is 56.3 cm³/mol. The molecule has 0 saturated carbocycles. The lowest BCUT2D eigenvalue weighted by atomic mass is 9.80. The third-order valence-corrected chi connectivity index (χ3v) is 3.26. The Balaban J connectivity index is 3.22. The van der Waals surface area contributed by atoms with Crippen molar-refractivity contribution < 1.29 is 0 Å². The summed E-state index contributed by atoms with van der Waals surface area (Å²) in [5.74, 6) is 1.56. The van der Waals surface area contributed by atoms with Crippen molar-refractivity contribution >= 4 is 12.2 Å². The van der Waals surface area contributed by atoms with Crippen LogP contribution in [-0.2, 0) is 12.5 Å². The normalized spacial score (nSPS) is 12.5. The molecule has 4 heteroatoms. The van der Waals surface area contributed by atoms with Crippen LogP contribution in [0.5, 0.6) is 0 Å². The van der Waals surface area contributed by atoms with Crippen LogP contribution in [0.4, 0.5) is 0 Å². The van der Waals surface area contributed by atoms with Crippen LogP contribution in [0, 0.1) is 10.7 Å². The molecule has 74 valence electrons. The summed E-state index contributed by atoms with van der Waals surface area (Å²) < 4.78 is 2.62. The van der Waals surface area contributed by atoms with Gasteiger partial charge in [-0.2, -0.15) is 5.10 Å². The van der Waals surface area contributed by atoms with Gasteiger partial charge in [0.1, 0.15) is 5.82 Å². The number of hydrogen-bond donors (Lipinski definition) is 1. The van der Waals surface area contributed by atoms with Gasteiger partial charge in [-0.15, -0.1) is 0 Å². The second kappa shape index (κ2) is 3.25. The highest BCUT2D eigenvalue weighted by Gasteiger charge is 2.29. The second-order valence-electron chi connectivity index (χ2n) is 4.29. The van der Waals surface area contributed by atoms with E-state index in [0.29, 0.717) is 10.7 Å². The van der Waals surface area contributed by atoms with E-state index in [-0.39, 0.29) is 5.41 Å². The molecule has 0 amide bonds. The van der Waals surface area contributed by atoms with Crippen molar-refractivity contribution in [3.63, 3.8) is 0 Å². The molecule has 0 aliphatic carbocycles. The Kier molecular flexibility index (Phi) is 2.61. The SMILES string of the molecule is CC(C)C(C)(C)c1n[nH]c(=S)n1C. The average molecular weight is 199 g/mol. The van der Waals surface area contributed by atoms with E-state index >= 15 is 0 Å². The summed E-state index contributed by atoms with van der Waals surface area (Å²) >= 11 is 5.07. The minimum Gasteiger partial charge on any atom is -0.307 e. The topological polar surface area (TPSA) is 33.6 Å². The number of rotatable bonds is 2. The van der Waals surface area contributed by atoms with E-state index in [2.05, 4.69) is 37.9 Å². The first kappa shape index (κ1) is 10.4. The van der Waals surface area contributed by atoms with Crippen LogP contribution in [0.15, 0.2) is 0 Å². The van der Waals surface area contributed by atoms with Gasteiger partial charge < -0.3 is 4.57 Å². The van der Waals surface area contributed by atoms with Gasteiger partial charge in [-0.1, -0.05) is 27.7 Å². The zero-order chi connectivity index (χ0) is 10.2. The fourth-order valence-corrected chi connectivity index (χ4v) is 1.31. The summed E-state index contributed by atoms with van der Waals surface area (Å²) in [4.78, 5) is 0. The van der Waals surface area contributed by atoms with E-state index in [4.69, 9.17) is 12.2 Å². The Labute approximate surface area is 84.2 Å². The van der Waals surface area contributed by atoms with Gasteiger partial charge in [0.2, 0.25) is 0 Å². The van der Waals surface area contributed by atoms with Crippen LogP contribution in [-0.4, -0.2) is 14.8 Å². The lowest BCUT2D eigenvalue weighted by Gasteiger charge is -2.27. The lowest BCUT2D eigenvalue weighted by Crippen LogP contribution is -2.28. The van der Waals surface area contributed by atoms with Crippen molar-refractivity contribution in [2.24, 2.45) is 13.0 Å². The maximum Gasteiger partial charge on any atom is 0.194 e. The van der Waals surface area contributed by atoms with E-state index in [9.17, 15) is 0 Å². The number of nitrogens with one attached hydrogen (secondary N) is 1. The van der Waals surface area contributed by atoms with Crippen LogP contribution in [0.1, 0.15) is 33.5 Å². The van der Waals surface area contributed by atoms with E-state index < -0.39 is 0 Å². The quantitative estimate of drug-likeness (QED) is 0.742. The van der Waals surface area contributed by atoms with Gasteiger partial charge in [-0.3, -0.25) is 5.10 Å². The van der Waals surface area contributed by atoms with Gasteiger partial charge in [0, 0.05) is 12.5 Å². The molecule has 0 radical (unpaired) electrons. The van der Waals surface area contributed by atoms with Crippen molar-refractivity contribution in [3.05, 3.63) is 10.6 Å². The zero-order valence-electron chi connectivity index (χ0n) is 8.88. The molecule has 1 aromatic heterocycles. The van der Waals surface area contributed by atoms with Crippen LogP contribution < -0.4 is 0 Å². The summed E-state index contributed by atoms with van der Waals surface area (Å²) in [5, 5.41) is 7.07. The fourth-order valence-electron chi connectivity index (χ4n) is 1.18. The van der Waals surface area contributed by atoms with Crippen LogP contribution in [0.2, 0.25) is 0 Å². The van der Waals surface area contributed by atoms with Gasteiger partial charge in [-0.25, -0.2) is 0 Å². The van der Waals surface area contributed by atoms with Gasteiger partial charge >= 0.3 is 0 Å². The highest BCUT2D eigenvalue weighted by molar-refractivity contribution is 7.71.